The number of carbonyl (C=O) groups excluding carboxylic acids is 1. The molecular weight excluding hydrogens is 464 g/mol. The Balaban J connectivity index is 1.24. The molecule has 4 heterocycles. The number of rotatable bonds is 3. The molecule has 3 aliphatic heterocycles. The molecule has 1 amide bonds. The van der Waals surface area contributed by atoms with E-state index in [-0.39, 0.29) is 30.8 Å². The third-order valence-corrected chi connectivity index (χ3v) is 8.15. The van der Waals surface area contributed by atoms with Gasteiger partial charge in [-0.1, -0.05) is 6.07 Å². The molecule has 9 heteroatoms. The Labute approximate surface area is 210 Å². The van der Waals surface area contributed by atoms with Gasteiger partial charge in [-0.05, 0) is 49.9 Å². The molecule has 7 nitrogen and oxygen atoms in total. The monoisotopic (exact) mass is 497 g/mol. The van der Waals surface area contributed by atoms with Crippen molar-refractivity contribution in [2.75, 3.05) is 54.5 Å². The molecule has 36 heavy (non-hydrogen) atoms. The lowest BCUT2D eigenvalue weighted by Crippen LogP contribution is -2.42. The lowest BCUT2D eigenvalue weighted by molar-refractivity contribution is -0.123. The molecule has 2 saturated heterocycles. The van der Waals surface area contributed by atoms with E-state index in [0.29, 0.717) is 26.3 Å². The summed E-state index contributed by atoms with van der Waals surface area (Å²) in [5.74, 6) is -1.80. The highest BCUT2D eigenvalue weighted by Gasteiger charge is 2.42. The highest BCUT2D eigenvalue weighted by molar-refractivity contribution is 6.00. The lowest BCUT2D eigenvalue weighted by atomic mass is 9.84. The fourth-order valence-electron chi connectivity index (χ4n) is 6.11. The van der Waals surface area contributed by atoms with E-state index in [0.717, 1.165) is 67.2 Å². The third kappa shape index (κ3) is 4.66. The highest BCUT2D eigenvalue weighted by Crippen LogP contribution is 2.40. The molecule has 4 aliphatic rings. The lowest BCUT2D eigenvalue weighted by Gasteiger charge is -2.36. The Morgan fingerprint density at radius 1 is 1.08 bits per heavy atom. The summed E-state index contributed by atoms with van der Waals surface area (Å²) in [7, 11) is 0. The van der Waals surface area contributed by atoms with Gasteiger partial charge in [-0.3, -0.25) is 9.69 Å². The molecule has 1 aromatic heterocycles. The average molecular weight is 498 g/mol. The maximum atomic E-state index is 14.0. The number of hydrogen-bond acceptors (Lipinski definition) is 6. The Bertz CT molecular complexity index is 1120. The Morgan fingerprint density at radius 3 is 2.64 bits per heavy atom. The molecule has 192 valence electrons. The van der Waals surface area contributed by atoms with Crippen molar-refractivity contribution in [1.29, 1.82) is 0 Å². The van der Waals surface area contributed by atoms with Crippen LogP contribution < -0.4 is 15.1 Å². The molecule has 0 bridgehead atoms. The Hall–Kier alpha value is -2.78. The number of hydrogen-bond donors (Lipinski definition) is 1. The average Bonchev–Trinajstić information content (AvgIpc) is 3.19. The number of alkyl halides is 2. The minimum Gasteiger partial charge on any atom is -0.378 e. The largest absolute Gasteiger partial charge is 0.378 e. The molecular formula is C27H33F2N5O2. The van der Waals surface area contributed by atoms with Gasteiger partial charge in [0.15, 0.2) is 0 Å². The van der Waals surface area contributed by atoms with Gasteiger partial charge < -0.3 is 19.9 Å². The second kappa shape index (κ2) is 9.59. The maximum Gasteiger partial charge on any atom is 0.261 e. The number of halogens is 2. The van der Waals surface area contributed by atoms with Gasteiger partial charge in [0.05, 0.1) is 37.7 Å². The number of likely N-dealkylation sites (tertiary alicyclic amines) is 1. The van der Waals surface area contributed by atoms with Crippen molar-refractivity contribution in [3.8, 4) is 0 Å². The number of fused-ring (bicyclic) bond motifs is 2. The Kier molecular flexibility index (Phi) is 6.29. The summed E-state index contributed by atoms with van der Waals surface area (Å²) in [5, 5.41) is 3.45. The van der Waals surface area contributed by atoms with Crippen LogP contribution >= 0.6 is 0 Å². The van der Waals surface area contributed by atoms with E-state index in [1.54, 1.807) is 6.20 Å². The molecule has 0 unspecified atom stereocenters. The van der Waals surface area contributed by atoms with Crippen LogP contribution in [0.5, 0.6) is 0 Å². The van der Waals surface area contributed by atoms with Gasteiger partial charge in [-0.25, -0.2) is 13.8 Å². The van der Waals surface area contributed by atoms with Gasteiger partial charge in [-0.2, -0.15) is 0 Å². The smallest absolute Gasteiger partial charge is 0.261 e. The number of amides is 1. The van der Waals surface area contributed by atoms with Crippen LogP contribution in [0.2, 0.25) is 0 Å². The number of anilines is 4. The number of ether oxygens (including phenoxy) is 1. The molecule has 2 aromatic rings. The molecule has 1 saturated carbocycles. The van der Waals surface area contributed by atoms with E-state index < -0.39 is 5.92 Å². The van der Waals surface area contributed by atoms with Crippen molar-refractivity contribution >= 4 is 28.8 Å². The second-order valence-electron chi connectivity index (χ2n) is 10.4. The fourth-order valence-corrected chi connectivity index (χ4v) is 6.11. The Morgan fingerprint density at radius 2 is 1.89 bits per heavy atom. The summed E-state index contributed by atoms with van der Waals surface area (Å²) in [4.78, 5) is 24.7. The molecule has 6 rings (SSSR count). The van der Waals surface area contributed by atoms with Crippen LogP contribution in [-0.4, -0.2) is 67.1 Å². The van der Waals surface area contributed by atoms with Crippen LogP contribution in [0.3, 0.4) is 0 Å². The minimum absolute atomic E-state index is 0.0532. The standard InChI is InChI=1S/C27H33F2N5O2/c28-27(29)9-11-33(18-27)21-5-3-19(4-6-21)26(35)34-17-20-2-1-10-30-25(20)31-23-8-7-22(16-24(23)34)32-12-14-36-15-13-32/h1-2,7-8,10,16,19,21H,3-6,9,11-15,17-18H2,(H,30,31)/t19-,21+. The minimum atomic E-state index is -2.57. The van der Waals surface area contributed by atoms with Crippen molar-refractivity contribution < 1.29 is 18.3 Å². The normalized spacial score (nSPS) is 26.1. The second-order valence-corrected chi connectivity index (χ2v) is 10.4. The number of aromatic nitrogens is 1. The number of pyridine rings is 1. The summed E-state index contributed by atoms with van der Waals surface area (Å²) in [6.45, 7) is 3.79. The van der Waals surface area contributed by atoms with Gasteiger partial charge in [0, 0.05) is 55.5 Å². The van der Waals surface area contributed by atoms with Crippen LogP contribution in [0, 0.1) is 5.92 Å². The number of nitrogens with one attached hydrogen (secondary N) is 1. The van der Waals surface area contributed by atoms with Gasteiger partial charge in [0.2, 0.25) is 5.91 Å². The molecule has 1 aliphatic carbocycles. The van der Waals surface area contributed by atoms with Gasteiger partial charge >= 0.3 is 0 Å². The zero-order valence-corrected chi connectivity index (χ0v) is 20.5. The number of carbonyl (C=O) groups is 1. The van der Waals surface area contributed by atoms with Gasteiger partial charge in [-0.15, -0.1) is 0 Å². The predicted molar refractivity (Wildman–Crippen MR) is 135 cm³/mol. The first-order valence-electron chi connectivity index (χ1n) is 13.1. The summed E-state index contributed by atoms with van der Waals surface area (Å²) < 4.78 is 33.0. The maximum absolute atomic E-state index is 14.0. The molecule has 0 radical (unpaired) electrons. The van der Waals surface area contributed by atoms with Crippen LogP contribution in [0.1, 0.15) is 37.7 Å². The van der Waals surface area contributed by atoms with E-state index in [1.807, 2.05) is 28.0 Å². The summed E-state index contributed by atoms with van der Waals surface area (Å²) >= 11 is 0. The van der Waals surface area contributed by atoms with Crippen LogP contribution in [-0.2, 0) is 16.1 Å². The SMILES string of the molecule is O=C([C@H]1CC[C@@H](N2CCC(F)(F)C2)CC1)N1Cc2cccnc2Nc2ccc(N3CCOCC3)cc21. The van der Waals surface area contributed by atoms with Crippen molar-refractivity contribution in [3.63, 3.8) is 0 Å². The van der Waals surface area contributed by atoms with Crippen molar-refractivity contribution in [1.82, 2.24) is 9.88 Å². The molecule has 3 fully saturated rings. The number of morpholine rings is 1. The third-order valence-electron chi connectivity index (χ3n) is 8.15. The zero-order valence-electron chi connectivity index (χ0n) is 20.5. The summed E-state index contributed by atoms with van der Waals surface area (Å²) in [5.41, 5.74) is 3.78. The van der Waals surface area contributed by atoms with Crippen LogP contribution in [0.15, 0.2) is 36.5 Å². The van der Waals surface area contributed by atoms with Crippen molar-refractivity contribution in [2.24, 2.45) is 5.92 Å². The van der Waals surface area contributed by atoms with E-state index in [9.17, 15) is 13.6 Å². The fraction of sp³-hybridized carbons (Fsp3) is 0.556. The predicted octanol–water partition coefficient (Wildman–Crippen LogP) is 4.41. The van der Waals surface area contributed by atoms with Crippen LogP contribution in [0.4, 0.5) is 31.7 Å². The molecule has 1 aromatic carbocycles. The first kappa shape index (κ1) is 23.6. The molecule has 0 spiro atoms. The molecule has 0 atom stereocenters. The zero-order chi connectivity index (χ0) is 24.7. The van der Waals surface area contributed by atoms with E-state index in [1.165, 1.54) is 0 Å². The van der Waals surface area contributed by atoms with Gasteiger partial charge in [0.25, 0.3) is 5.92 Å². The summed E-state index contributed by atoms with van der Waals surface area (Å²) in [6, 6.07) is 10.3. The topological polar surface area (TPSA) is 60.9 Å². The van der Waals surface area contributed by atoms with E-state index in [2.05, 4.69) is 27.3 Å². The van der Waals surface area contributed by atoms with Crippen molar-refractivity contribution in [2.45, 2.75) is 50.6 Å². The first-order chi connectivity index (χ1) is 17.5. The van der Waals surface area contributed by atoms with Gasteiger partial charge in [0.1, 0.15) is 5.82 Å². The summed E-state index contributed by atoms with van der Waals surface area (Å²) in [6.07, 6.45) is 4.74. The van der Waals surface area contributed by atoms with E-state index >= 15 is 0 Å². The molecule has 1 N–H and O–H groups in total. The highest BCUT2D eigenvalue weighted by atomic mass is 19.3. The number of benzene rings is 1. The quantitative estimate of drug-likeness (QED) is 0.678. The number of nitrogens with zero attached hydrogens (tertiary/aromatic N) is 4. The van der Waals surface area contributed by atoms with Crippen molar-refractivity contribution in [3.05, 3.63) is 42.1 Å². The first-order valence-corrected chi connectivity index (χ1v) is 13.1. The van der Waals surface area contributed by atoms with Crippen LogP contribution in [0.25, 0.3) is 0 Å². The van der Waals surface area contributed by atoms with E-state index in [4.69, 9.17) is 4.74 Å².